The summed E-state index contributed by atoms with van der Waals surface area (Å²) in [6.07, 6.45) is 19.2. The Morgan fingerprint density at radius 3 is 1.41 bits per heavy atom. The van der Waals surface area contributed by atoms with Crippen LogP contribution in [0.25, 0.3) is 0 Å². The summed E-state index contributed by atoms with van der Waals surface area (Å²) in [5.41, 5.74) is 0.460. The third-order valence-electron chi connectivity index (χ3n) is 5.44. The van der Waals surface area contributed by atoms with Crippen LogP contribution < -0.4 is 5.32 Å². The van der Waals surface area contributed by atoms with Crippen molar-refractivity contribution in [1.29, 1.82) is 0 Å². The molecule has 0 radical (unpaired) electrons. The van der Waals surface area contributed by atoms with Gasteiger partial charge in [0.15, 0.2) is 0 Å². The molecule has 0 rings (SSSR count). The van der Waals surface area contributed by atoms with Crippen LogP contribution in [-0.4, -0.2) is 17.7 Å². The smallest absolute Gasteiger partial charge is 0.220 e. The number of carbonyl (C=O) groups is 2. The number of Topliss-reactive ketones (excluding diaryl/α,β-unsaturated/α-hetero) is 1. The summed E-state index contributed by atoms with van der Waals surface area (Å²) in [5.74, 6) is 0.657. The molecule has 1 N–H and O–H groups in total. The van der Waals surface area contributed by atoms with Crippen LogP contribution in [0.3, 0.4) is 0 Å². The van der Waals surface area contributed by atoms with E-state index in [1.54, 1.807) is 0 Å². The molecule has 3 heteroatoms. The molecule has 0 fully saturated rings. The summed E-state index contributed by atoms with van der Waals surface area (Å²) < 4.78 is 0. The van der Waals surface area contributed by atoms with E-state index >= 15 is 0 Å². The van der Waals surface area contributed by atoms with Crippen molar-refractivity contribution in [3.63, 3.8) is 0 Å². The van der Waals surface area contributed by atoms with Crippen LogP contribution in [0, 0.1) is 5.41 Å². The number of carbonyl (C=O) groups excluding carboxylic acids is 2. The van der Waals surface area contributed by atoms with Crippen LogP contribution in [0.4, 0.5) is 0 Å². The van der Waals surface area contributed by atoms with E-state index in [9.17, 15) is 9.59 Å². The van der Waals surface area contributed by atoms with Gasteiger partial charge in [0.25, 0.3) is 0 Å². The second-order valence-electron chi connectivity index (χ2n) is 10.4. The van der Waals surface area contributed by atoms with Gasteiger partial charge in [-0.1, -0.05) is 85.0 Å². The first kappa shape index (κ1) is 28.1. The lowest BCUT2D eigenvalue weighted by atomic mass is 9.89. The first-order chi connectivity index (χ1) is 13.7. The fraction of sp³-hybridized carbons (Fsp3) is 0.923. The number of rotatable bonds is 19. The molecule has 0 saturated carbocycles. The Hall–Kier alpha value is -0.860. The molecule has 0 aliphatic rings. The summed E-state index contributed by atoms with van der Waals surface area (Å²) in [5, 5.41) is 2.94. The number of ketones is 1. The molecule has 3 nitrogen and oxygen atoms in total. The number of nitrogens with one attached hydrogen (secondary N) is 1. The molecule has 0 aliphatic heterocycles. The second-order valence-corrected chi connectivity index (χ2v) is 10.4. The molecule has 0 atom stereocenters. The van der Waals surface area contributed by atoms with E-state index in [0.717, 1.165) is 38.5 Å². The van der Waals surface area contributed by atoms with E-state index in [0.29, 0.717) is 17.6 Å². The van der Waals surface area contributed by atoms with Gasteiger partial charge in [-0.25, -0.2) is 0 Å². The Morgan fingerprint density at radius 2 is 1.00 bits per heavy atom. The minimum atomic E-state index is 0.185. The minimum absolute atomic E-state index is 0.185. The normalized spacial score (nSPS) is 11.8. The Bertz CT molecular complexity index is 409. The Morgan fingerprint density at radius 1 is 0.621 bits per heavy atom. The zero-order chi connectivity index (χ0) is 22.0. The van der Waals surface area contributed by atoms with E-state index < -0.39 is 0 Å². The van der Waals surface area contributed by atoms with Gasteiger partial charge in [-0.05, 0) is 44.9 Å². The molecule has 0 heterocycles. The maximum Gasteiger partial charge on any atom is 0.220 e. The van der Waals surface area contributed by atoms with Crippen molar-refractivity contribution in [1.82, 2.24) is 5.32 Å². The van der Waals surface area contributed by atoms with Crippen LogP contribution in [-0.2, 0) is 9.59 Å². The van der Waals surface area contributed by atoms with Crippen molar-refractivity contribution in [2.45, 2.75) is 150 Å². The van der Waals surface area contributed by atoms with Crippen molar-refractivity contribution < 1.29 is 9.59 Å². The van der Waals surface area contributed by atoms with Gasteiger partial charge in [0.05, 0.1) is 0 Å². The van der Waals surface area contributed by atoms with Gasteiger partial charge in [0.1, 0.15) is 5.78 Å². The molecule has 0 saturated heterocycles. The average Bonchev–Trinajstić information content (AvgIpc) is 2.60. The van der Waals surface area contributed by atoms with E-state index in [-0.39, 0.29) is 11.9 Å². The number of unbranched alkanes of at least 4 members (excludes halogenated alkanes) is 11. The summed E-state index contributed by atoms with van der Waals surface area (Å²) in [7, 11) is 0. The number of hydrogen-bond acceptors (Lipinski definition) is 2. The van der Waals surface area contributed by atoms with Gasteiger partial charge in [0, 0.05) is 25.3 Å². The van der Waals surface area contributed by atoms with E-state index in [1.807, 2.05) is 13.8 Å². The van der Waals surface area contributed by atoms with Crippen molar-refractivity contribution in [3.05, 3.63) is 0 Å². The van der Waals surface area contributed by atoms with Crippen LogP contribution in [0.15, 0.2) is 0 Å². The highest BCUT2D eigenvalue weighted by molar-refractivity contribution is 5.78. The maximum absolute atomic E-state index is 12.0. The minimum Gasteiger partial charge on any atom is -0.354 e. The average molecular weight is 410 g/mol. The molecule has 0 aromatic carbocycles. The second kappa shape index (κ2) is 18.0. The molecule has 0 aromatic heterocycles. The lowest BCUT2D eigenvalue weighted by molar-refractivity contribution is -0.121. The van der Waals surface area contributed by atoms with Gasteiger partial charge < -0.3 is 5.32 Å². The van der Waals surface area contributed by atoms with Gasteiger partial charge in [-0.15, -0.1) is 0 Å². The standard InChI is InChI=1S/C26H51NO2/c1-23(2)27-25(29)21-17-13-9-7-6-8-11-15-19-24(28)20-16-12-10-14-18-22-26(3,4)5/h23H,6-22H2,1-5H3,(H,27,29). The highest BCUT2D eigenvalue weighted by Crippen LogP contribution is 2.22. The first-order valence-electron chi connectivity index (χ1n) is 12.5. The molecule has 172 valence electrons. The Labute approximate surface area is 182 Å². The predicted octanol–water partition coefficient (Wildman–Crippen LogP) is 7.76. The molecule has 29 heavy (non-hydrogen) atoms. The topological polar surface area (TPSA) is 46.2 Å². The molecular formula is C26H51NO2. The molecule has 0 bridgehead atoms. The van der Waals surface area contributed by atoms with Crippen molar-refractivity contribution in [3.8, 4) is 0 Å². The quantitative estimate of drug-likeness (QED) is 0.222. The van der Waals surface area contributed by atoms with Crippen LogP contribution in [0.2, 0.25) is 0 Å². The fourth-order valence-electron chi connectivity index (χ4n) is 3.70. The Balaban J connectivity index is 3.29. The maximum atomic E-state index is 12.0. The van der Waals surface area contributed by atoms with Crippen LogP contribution >= 0.6 is 0 Å². The first-order valence-corrected chi connectivity index (χ1v) is 12.5. The van der Waals surface area contributed by atoms with Gasteiger partial charge >= 0.3 is 0 Å². The van der Waals surface area contributed by atoms with Gasteiger partial charge in [-0.2, -0.15) is 0 Å². The van der Waals surface area contributed by atoms with Crippen LogP contribution in [0.5, 0.6) is 0 Å². The van der Waals surface area contributed by atoms with Crippen molar-refractivity contribution in [2.24, 2.45) is 5.41 Å². The summed E-state index contributed by atoms with van der Waals surface area (Å²) in [6, 6.07) is 0.248. The molecule has 1 amide bonds. The van der Waals surface area contributed by atoms with E-state index in [4.69, 9.17) is 0 Å². The highest BCUT2D eigenvalue weighted by Gasteiger charge is 2.09. The Kier molecular flexibility index (Phi) is 17.4. The summed E-state index contributed by atoms with van der Waals surface area (Å²) in [6.45, 7) is 10.9. The molecular weight excluding hydrogens is 358 g/mol. The lowest BCUT2D eigenvalue weighted by Crippen LogP contribution is -2.29. The zero-order valence-electron chi connectivity index (χ0n) is 20.4. The van der Waals surface area contributed by atoms with E-state index in [1.165, 1.54) is 64.2 Å². The van der Waals surface area contributed by atoms with Crippen molar-refractivity contribution >= 4 is 11.7 Å². The SMILES string of the molecule is CC(C)NC(=O)CCCCCCCCCCC(=O)CCCCCCCC(C)(C)C. The summed E-state index contributed by atoms with van der Waals surface area (Å²) in [4.78, 5) is 23.5. The van der Waals surface area contributed by atoms with Crippen LogP contribution in [0.1, 0.15) is 144 Å². The zero-order valence-corrected chi connectivity index (χ0v) is 20.4. The lowest BCUT2D eigenvalue weighted by Gasteiger charge is -2.17. The summed E-state index contributed by atoms with van der Waals surface area (Å²) >= 11 is 0. The molecule has 0 spiro atoms. The highest BCUT2D eigenvalue weighted by atomic mass is 16.1. The van der Waals surface area contributed by atoms with Crippen molar-refractivity contribution in [2.75, 3.05) is 0 Å². The monoisotopic (exact) mass is 409 g/mol. The molecule has 0 unspecified atom stereocenters. The molecule has 0 aromatic rings. The van der Waals surface area contributed by atoms with E-state index in [2.05, 4.69) is 26.1 Å². The van der Waals surface area contributed by atoms with Gasteiger partial charge in [0.2, 0.25) is 5.91 Å². The fourth-order valence-corrected chi connectivity index (χ4v) is 3.70. The molecule has 0 aliphatic carbocycles. The number of hydrogen-bond donors (Lipinski definition) is 1. The third-order valence-corrected chi connectivity index (χ3v) is 5.44. The predicted molar refractivity (Wildman–Crippen MR) is 126 cm³/mol. The third kappa shape index (κ3) is 23.3. The number of amides is 1. The van der Waals surface area contributed by atoms with Gasteiger partial charge in [-0.3, -0.25) is 9.59 Å². The largest absolute Gasteiger partial charge is 0.354 e.